The predicted octanol–water partition coefficient (Wildman–Crippen LogP) is 1.49. The van der Waals surface area contributed by atoms with Crippen LogP contribution in [0.25, 0.3) is 0 Å². The van der Waals surface area contributed by atoms with Gasteiger partial charge in [-0.05, 0) is 17.7 Å². The standard InChI is InChI=1S/C13H15NO5/c1-18-10-4-2-9(3-5-10)7-14-8-11(6-12(14)15)19-13(16)17/h2-5,11H,6-8H2,1H3,(H,16,17). The molecule has 1 aliphatic rings. The van der Waals surface area contributed by atoms with E-state index in [1.54, 1.807) is 12.0 Å². The molecule has 1 saturated heterocycles. The zero-order valence-electron chi connectivity index (χ0n) is 10.5. The van der Waals surface area contributed by atoms with Crippen molar-refractivity contribution in [2.24, 2.45) is 0 Å². The molecule has 0 radical (unpaired) electrons. The molecule has 0 aromatic heterocycles. The maximum atomic E-state index is 11.7. The summed E-state index contributed by atoms with van der Waals surface area (Å²) in [5, 5.41) is 8.53. The molecule has 1 heterocycles. The highest BCUT2D eigenvalue weighted by atomic mass is 16.7. The highest BCUT2D eigenvalue weighted by molar-refractivity contribution is 5.79. The number of nitrogens with zero attached hydrogens (tertiary/aromatic N) is 1. The van der Waals surface area contributed by atoms with E-state index in [1.165, 1.54) is 0 Å². The van der Waals surface area contributed by atoms with Crippen molar-refractivity contribution in [2.75, 3.05) is 13.7 Å². The van der Waals surface area contributed by atoms with Crippen molar-refractivity contribution in [2.45, 2.75) is 19.1 Å². The van der Waals surface area contributed by atoms with Crippen LogP contribution in [-0.4, -0.2) is 41.8 Å². The molecule has 6 heteroatoms. The molecule has 1 fully saturated rings. The van der Waals surface area contributed by atoms with E-state index in [-0.39, 0.29) is 12.3 Å². The Balaban J connectivity index is 1.95. The molecule has 0 aliphatic carbocycles. The smallest absolute Gasteiger partial charge is 0.497 e. The SMILES string of the molecule is COc1ccc(CN2CC(OC(=O)O)CC2=O)cc1. The first-order valence-electron chi connectivity index (χ1n) is 5.89. The van der Waals surface area contributed by atoms with Gasteiger partial charge in [0.25, 0.3) is 0 Å². The van der Waals surface area contributed by atoms with Gasteiger partial charge in [-0.2, -0.15) is 0 Å². The minimum absolute atomic E-state index is 0.0953. The molecular weight excluding hydrogens is 250 g/mol. The van der Waals surface area contributed by atoms with Gasteiger partial charge in [-0.25, -0.2) is 4.79 Å². The fraction of sp³-hybridized carbons (Fsp3) is 0.385. The molecule has 6 nitrogen and oxygen atoms in total. The number of ether oxygens (including phenoxy) is 2. The second kappa shape index (κ2) is 5.60. The summed E-state index contributed by atoms with van der Waals surface area (Å²) in [6.45, 7) is 0.749. The van der Waals surface area contributed by atoms with Crippen molar-refractivity contribution in [1.29, 1.82) is 0 Å². The number of rotatable bonds is 4. The predicted molar refractivity (Wildman–Crippen MR) is 65.9 cm³/mol. The van der Waals surface area contributed by atoms with Gasteiger partial charge in [-0.1, -0.05) is 12.1 Å². The minimum Gasteiger partial charge on any atom is -0.497 e. The van der Waals surface area contributed by atoms with E-state index in [1.807, 2.05) is 24.3 Å². The van der Waals surface area contributed by atoms with Crippen molar-refractivity contribution in [3.05, 3.63) is 29.8 Å². The molecular formula is C13H15NO5. The molecule has 0 bridgehead atoms. The molecule has 1 atom stereocenters. The van der Waals surface area contributed by atoms with Crippen molar-refractivity contribution in [3.8, 4) is 5.75 Å². The Morgan fingerprint density at radius 3 is 2.68 bits per heavy atom. The molecule has 1 aromatic carbocycles. The van der Waals surface area contributed by atoms with E-state index in [9.17, 15) is 9.59 Å². The third kappa shape index (κ3) is 3.37. The van der Waals surface area contributed by atoms with Gasteiger partial charge in [0, 0.05) is 6.54 Å². The van der Waals surface area contributed by atoms with Gasteiger partial charge in [0.2, 0.25) is 5.91 Å². The summed E-state index contributed by atoms with van der Waals surface area (Å²) in [5.74, 6) is 0.658. The highest BCUT2D eigenvalue weighted by Gasteiger charge is 2.32. The van der Waals surface area contributed by atoms with E-state index in [4.69, 9.17) is 9.84 Å². The minimum atomic E-state index is -1.34. The van der Waals surface area contributed by atoms with E-state index in [2.05, 4.69) is 4.74 Å². The third-order valence-electron chi connectivity index (χ3n) is 2.98. The van der Waals surface area contributed by atoms with Gasteiger partial charge in [0.1, 0.15) is 11.9 Å². The first-order valence-corrected chi connectivity index (χ1v) is 5.89. The maximum Gasteiger partial charge on any atom is 0.506 e. The van der Waals surface area contributed by atoms with Crippen LogP contribution in [-0.2, 0) is 16.1 Å². The summed E-state index contributed by atoms with van der Waals surface area (Å²) in [4.78, 5) is 23.7. The zero-order valence-corrected chi connectivity index (χ0v) is 10.5. The topological polar surface area (TPSA) is 76.1 Å². The zero-order chi connectivity index (χ0) is 13.8. The summed E-state index contributed by atoms with van der Waals surface area (Å²) in [5.41, 5.74) is 0.963. The van der Waals surface area contributed by atoms with E-state index in [0.717, 1.165) is 11.3 Å². The second-order valence-electron chi connectivity index (χ2n) is 4.33. The lowest BCUT2D eigenvalue weighted by molar-refractivity contribution is -0.128. The molecule has 1 amide bonds. The Labute approximate surface area is 110 Å². The summed E-state index contributed by atoms with van der Waals surface area (Å²) >= 11 is 0. The summed E-state index contributed by atoms with van der Waals surface area (Å²) in [6.07, 6.45) is -1.80. The van der Waals surface area contributed by atoms with Crippen molar-refractivity contribution in [1.82, 2.24) is 4.90 Å². The second-order valence-corrected chi connectivity index (χ2v) is 4.33. The van der Waals surface area contributed by atoms with Gasteiger partial charge in [-0.3, -0.25) is 4.79 Å². The molecule has 19 heavy (non-hydrogen) atoms. The Hall–Kier alpha value is -2.24. The average Bonchev–Trinajstić information content (AvgIpc) is 2.69. The molecule has 2 rings (SSSR count). The van der Waals surface area contributed by atoms with Crippen LogP contribution in [0.4, 0.5) is 4.79 Å². The largest absolute Gasteiger partial charge is 0.506 e. The highest BCUT2D eigenvalue weighted by Crippen LogP contribution is 2.19. The number of methoxy groups -OCH3 is 1. The molecule has 1 N–H and O–H groups in total. The summed E-state index contributed by atoms with van der Waals surface area (Å²) < 4.78 is 9.68. The Morgan fingerprint density at radius 1 is 1.42 bits per heavy atom. The number of carbonyl (C=O) groups is 2. The quantitative estimate of drug-likeness (QED) is 0.835. The third-order valence-corrected chi connectivity index (χ3v) is 2.98. The number of benzene rings is 1. The van der Waals surface area contributed by atoms with Crippen LogP contribution in [0, 0.1) is 0 Å². The normalized spacial score (nSPS) is 18.5. The number of hydrogen-bond donors (Lipinski definition) is 1. The van der Waals surface area contributed by atoms with Gasteiger partial charge >= 0.3 is 6.16 Å². The van der Waals surface area contributed by atoms with Gasteiger partial charge in [0.15, 0.2) is 0 Å². The first kappa shape index (κ1) is 13.2. The van der Waals surface area contributed by atoms with Crippen molar-refractivity contribution >= 4 is 12.1 Å². The van der Waals surface area contributed by atoms with Crippen LogP contribution in [0.1, 0.15) is 12.0 Å². The lowest BCUT2D eigenvalue weighted by Crippen LogP contribution is -2.26. The Morgan fingerprint density at radius 2 is 2.11 bits per heavy atom. The van der Waals surface area contributed by atoms with E-state index >= 15 is 0 Å². The average molecular weight is 265 g/mol. The molecule has 1 unspecified atom stereocenters. The molecule has 1 aliphatic heterocycles. The van der Waals surface area contributed by atoms with Crippen LogP contribution in [0.2, 0.25) is 0 Å². The lowest BCUT2D eigenvalue weighted by Gasteiger charge is -2.16. The lowest BCUT2D eigenvalue weighted by atomic mass is 10.2. The van der Waals surface area contributed by atoms with Crippen molar-refractivity contribution < 1.29 is 24.2 Å². The summed E-state index contributed by atoms with van der Waals surface area (Å²) in [7, 11) is 1.59. The van der Waals surface area contributed by atoms with E-state index in [0.29, 0.717) is 13.1 Å². The van der Waals surface area contributed by atoms with Crippen LogP contribution in [0.15, 0.2) is 24.3 Å². The number of likely N-dealkylation sites (tertiary alicyclic amines) is 1. The Bertz CT molecular complexity index is 470. The molecule has 0 spiro atoms. The number of amides is 1. The molecule has 0 saturated carbocycles. The monoisotopic (exact) mass is 265 g/mol. The first-order chi connectivity index (χ1) is 9.08. The maximum absolute atomic E-state index is 11.7. The van der Waals surface area contributed by atoms with Crippen LogP contribution in [0.3, 0.4) is 0 Å². The van der Waals surface area contributed by atoms with Crippen LogP contribution < -0.4 is 4.74 Å². The fourth-order valence-electron chi connectivity index (χ4n) is 2.06. The van der Waals surface area contributed by atoms with Crippen LogP contribution in [0.5, 0.6) is 5.75 Å². The van der Waals surface area contributed by atoms with Crippen LogP contribution >= 0.6 is 0 Å². The Kier molecular flexibility index (Phi) is 3.89. The van der Waals surface area contributed by atoms with Crippen molar-refractivity contribution in [3.63, 3.8) is 0 Å². The number of carbonyl (C=O) groups excluding carboxylic acids is 1. The van der Waals surface area contributed by atoms with Gasteiger partial charge in [-0.15, -0.1) is 0 Å². The van der Waals surface area contributed by atoms with Gasteiger partial charge < -0.3 is 19.5 Å². The fourth-order valence-corrected chi connectivity index (χ4v) is 2.06. The van der Waals surface area contributed by atoms with E-state index < -0.39 is 12.3 Å². The molecule has 1 aromatic rings. The number of hydrogen-bond acceptors (Lipinski definition) is 4. The number of carboxylic acid groups (broad SMARTS) is 1. The molecule has 102 valence electrons. The van der Waals surface area contributed by atoms with Gasteiger partial charge in [0.05, 0.1) is 20.1 Å². The summed E-state index contributed by atoms with van der Waals surface area (Å²) in [6, 6.07) is 7.39.